The molecule has 0 N–H and O–H groups in total. The highest BCUT2D eigenvalue weighted by molar-refractivity contribution is 5.79. The van der Waals surface area contributed by atoms with Crippen LogP contribution in [0.15, 0.2) is 0 Å². The third kappa shape index (κ3) is 3.95. The first-order valence-corrected chi connectivity index (χ1v) is 7.20. The van der Waals surface area contributed by atoms with Crippen LogP contribution in [0.2, 0.25) is 0 Å². The van der Waals surface area contributed by atoms with Gasteiger partial charge in [-0.2, -0.15) is 0 Å². The average Bonchev–Trinajstić information content (AvgIpc) is 2.22. The summed E-state index contributed by atoms with van der Waals surface area (Å²) in [5.74, 6) is -0.136. The number of methoxy groups -OCH3 is 1. The van der Waals surface area contributed by atoms with Crippen molar-refractivity contribution in [3.63, 3.8) is 0 Å². The Balaban J connectivity index is 5.41. The molecule has 0 aliphatic rings. The maximum Gasteiger partial charge on any atom is 0.315 e. The molecule has 0 fully saturated rings. The highest BCUT2D eigenvalue weighted by Crippen LogP contribution is 2.52. The van der Waals surface area contributed by atoms with Gasteiger partial charge in [0.2, 0.25) is 0 Å². The second-order valence-corrected chi connectivity index (χ2v) is 7.33. The Bertz CT molecular complexity index is 267. The summed E-state index contributed by atoms with van der Waals surface area (Å²) >= 11 is 0. The van der Waals surface area contributed by atoms with E-state index < -0.39 is 5.41 Å². The largest absolute Gasteiger partial charge is 0.465 e. The lowest BCUT2D eigenvalue weighted by atomic mass is 9.54. The average molecular weight is 272 g/mol. The van der Waals surface area contributed by atoms with Crippen molar-refractivity contribution in [1.82, 2.24) is 0 Å². The predicted molar refractivity (Wildman–Crippen MR) is 79.1 cm³/mol. The van der Waals surface area contributed by atoms with E-state index >= 15 is 0 Å². The maximum atomic E-state index is 12.7. The molecule has 0 atom stereocenters. The number of carbonyl (C=O) groups excluding carboxylic acids is 1. The highest BCUT2D eigenvalue weighted by Gasteiger charge is 2.57. The van der Waals surface area contributed by atoms with E-state index in [-0.39, 0.29) is 16.8 Å². The van der Waals surface area contributed by atoms with Crippen LogP contribution in [0, 0.1) is 16.2 Å². The fourth-order valence-corrected chi connectivity index (χ4v) is 2.88. The number of carbonyl (C=O) groups is 1. The molecule has 0 radical (unpaired) electrons. The van der Waals surface area contributed by atoms with E-state index in [1.54, 1.807) is 7.11 Å². The first-order valence-electron chi connectivity index (χ1n) is 7.20. The van der Waals surface area contributed by atoms with E-state index in [4.69, 9.17) is 9.47 Å². The Morgan fingerprint density at radius 2 is 1.47 bits per heavy atom. The maximum absolute atomic E-state index is 12.7. The fraction of sp³-hybridized carbons (Fsp3) is 0.938. The van der Waals surface area contributed by atoms with Crippen molar-refractivity contribution in [2.45, 2.75) is 61.3 Å². The van der Waals surface area contributed by atoms with E-state index in [9.17, 15) is 4.79 Å². The number of esters is 1. The van der Waals surface area contributed by atoms with Crippen LogP contribution in [0.3, 0.4) is 0 Å². The van der Waals surface area contributed by atoms with E-state index in [1.807, 2.05) is 0 Å². The smallest absolute Gasteiger partial charge is 0.315 e. The summed E-state index contributed by atoms with van der Waals surface area (Å²) in [4.78, 5) is 12.7. The van der Waals surface area contributed by atoms with Crippen molar-refractivity contribution in [1.29, 1.82) is 0 Å². The molecule has 114 valence electrons. The van der Waals surface area contributed by atoms with Crippen molar-refractivity contribution < 1.29 is 14.3 Å². The zero-order valence-corrected chi connectivity index (χ0v) is 14.1. The Morgan fingerprint density at radius 1 is 1.00 bits per heavy atom. The summed E-state index contributed by atoms with van der Waals surface area (Å²) < 4.78 is 10.9. The SMILES string of the molecule is CCCCOC(=O)C(COC)(C(C)(C)C)C(C)(C)C. The molecule has 0 saturated carbocycles. The van der Waals surface area contributed by atoms with Crippen molar-refractivity contribution in [3.05, 3.63) is 0 Å². The summed E-state index contributed by atoms with van der Waals surface area (Å²) in [7, 11) is 1.64. The van der Waals surface area contributed by atoms with Gasteiger partial charge in [0, 0.05) is 7.11 Å². The molecular weight excluding hydrogens is 240 g/mol. The number of ether oxygens (including phenoxy) is 2. The minimum Gasteiger partial charge on any atom is -0.465 e. The van der Waals surface area contributed by atoms with Crippen LogP contribution in [-0.2, 0) is 14.3 Å². The van der Waals surface area contributed by atoms with Gasteiger partial charge in [-0.1, -0.05) is 54.9 Å². The zero-order valence-electron chi connectivity index (χ0n) is 14.1. The first-order chi connectivity index (χ1) is 8.54. The Morgan fingerprint density at radius 3 is 1.79 bits per heavy atom. The van der Waals surface area contributed by atoms with Gasteiger partial charge in [0.25, 0.3) is 0 Å². The van der Waals surface area contributed by atoms with Crippen molar-refractivity contribution in [2.24, 2.45) is 16.2 Å². The van der Waals surface area contributed by atoms with Crippen molar-refractivity contribution in [3.8, 4) is 0 Å². The summed E-state index contributed by atoms with van der Waals surface area (Å²) in [6.07, 6.45) is 1.93. The highest BCUT2D eigenvalue weighted by atomic mass is 16.5. The summed E-state index contributed by atoms with van der Waals surface area (Å²) in [6.45, 7) is 15.5. The van der Waals surface area contributed by atoms with Gasteiger partial charge >= 0.3 is 5.97 Å². The lowest BCUT2D eigenvalue weighted by Crippen LogP contribution is -2.56. The Hall–Kier alpha value is -0.570. The number of hydrogen-bond donors (Lipinski definition) is 0. The second-order valence-electron chi connectivity index (χ2n) is 7.33. The van der Waals surface area contributed by atoms with E-state index in [0.717, 1.165) is 12.8 Å². The molecule has 3 nitrogen and oxygen atoms in total. The van der Waals surface area contributed by atoms with Crippen molar-refractivity contribution in [2.75, 3.05) is 20.3 Å². The molecule has 0 aromatic rings. The van der Waals surface area contributed by atoms with Gasteiger partial charge in [-0.05, 0) is 17.3 Å². The number of unbranched alkanes of at least 4 members (excludes halogenated alkanes) is 1. The standard InChI is InChI=1S/C16H32O3/c1-9-10-11-19-13(17)16(12-18-8,14(2,3)4)15(5,6)7/h9-12H2,1-8H3. The Kier molecular flexibility index (Phi) is 6.53. The van der Waals surface area contributed by atoms with Crippen LogP contribution >= 0.6 is 0 Å². The number of rotatable bonds is 6. The van der Waals surface area contributed by atoms with Crippen LogP contribution in [-0.4, -0.2) is 26.3 Å². The van der Waals surface area contributed by atoms with Crippen molar-refractivity contribution >= 4 is 5.97 Å². The predicted octanol–water partition coefficient (Wildman–Crippen LogP) is 4.05. The molecule has 0 amide bonds. The molecule has 3 heteroatoms. The van der Waals surface area contributed by atoms with Crippen LogP contribution in [0.1, 0.15) is 61.3 Å². The van der Waals surface area contributed by atoms with Gasteiger partial charge in [0.15, 0.2) is 0 Å². The molecule has 0 aromatic heterocycles. The minimum absolute atomic E-state index is 0.136. The molecule has 19 heavy (non-hydrogen) atoms. The Labute approximate surface area is 119 Å². The number of hydrogen-bond acceptors (Lipinski definition) is 3. The molecule has 0 aliphatic heterocycles. The monoisotopic (exact) mass is 272 g/mol. The topological polar surface area (TPSA) is 35.5 Å². The molecule has 0 spiro atoms. The van der Waals surface area contributed by atoms with Crippen LogP contribution < -0.4 is 0 Å². The van der Waals surface area contributed by atoms with E-state index in [1.165, 1.54) is 0 Å². The van der Waals surface area contributed by atoms with Gasteiger partial charge < -0.3 is 9.47 Å². The van der Waals surface area contributed by atoms with Crippen LogP contribution in [0.25, 0.3) is 0 Å². The summed E-state index contributed by atoms with van der Waals surface area (Å²) in [5, 5.41) is 0. The van der Waals surface area contributed by atoms with E-state index in [2.05, 4.69) is 48.5 Å². The van der Waals surface area contributed by atoms with E-state index in [0.29, 0.717) is 13.2 Å². The van der Waals surface area contributed by atoms with Gasteiger partial charge in [-0.3, -0.25) is 4.79 Å². The molecule has 0 rings (SSSR count). The molecule has 0 unspecified atom stereocenters. The molecule has 0 bridgehead atoms. The van der Waals surface area contributed by atoms with Crippen LogP contribution in [0.4, 0.5) is 0 Å². The van der Waals surface area contributed by atoms with Gasteiger partial charge in [0.1, 0.15) is 5.41 Å². The molecule has 0 saturated heterocycles. The molecule has 0 aromatic carbocycles. The lowest BCUT2D eigenvalue weighted by molar-refractivity contribution is -0.184. The van der Waals surface area contributed by atoms with Crippen LogP contribution in [0.5, 0.6) is 0 Å². The fourth-order valence-electron chi connectivity index (χ4n) is 2.88. The molecular formula is C16H32O3. The molecule has 0 heterocycles. The van der Waals surface area contributed by atoms with Gasteiger partial charge in [0.05, 0.1) is 13.2 Å². The normalized spacial score (nSPS) is 13.5. The summed E-state index contributed by atoms with van der Waals surface area (Å²) in [6, 6.07) is 0. The third-order valence-corrected chi connectivity index (χ3v) is 4.00. The third-order valence-electron chi connectivity index (χ3n) is 4.00. The van der Waals surface area contributed by atoms with Gasteiger partial charge in [-0.25, -0.2) is 0 Å². The molecule has 0 aliphatic carbocycles. The summed E-state index contributed by atoms with van der Waals surface area (Å²) in [5.41, 5.74) is -1.11. The first kappa shape index (κ1) is 18.4. The van der Waals surface area contributed by atoms with Gasteiger partial charge in [-0.15, -0.1) is 0 Å². The quantitative estimate of drug-likeness (QED) is 0.540. The zero-order chi connectivity index (χ0) is 15.3. The second kappa shape index (κ2) is 6.74. The minimum atomic E-state index is -0.650. The lowest BCUT2D eigenvalue weighted by Gasteiger charge is -2.50.